The molecule has 0 saturated carbocycles. The molecule has 1 saturated heterocycles. The predicted molar refractivity (Wildman–Crippen MR) is 110 cm³/mol. The van der Waals surface area contributed by atoms with E-state index in [0.29, 0.717) is 11.8 Å². The summed E-state index contributed by atoms with van der Waals surface area (Å²) in [6.07, 6.45) is 4.19. The van der Waals surface area contributed by atoms with Crippen LogP contribution in [0.5, 0.6) is 0 Å². The first-order valence-electron chi connectivity index (χ1n) is 9.33. The summed E-state index contributed by atoms with van der Waals surface area (Å²) in [5.74, 6) is 1.13. The number of hydrogen-bond donors (Lipinski definition) is 2. The number of rotatable bonds is 5. The number of nitrogens with zero attached hydrogens (tertiary/aromatic N) is 4. The summed E-state index contributed by atoms with van der Waals surface area (Å²) in [6.45, 7) is 6.44. The quantitative estimate of drug-likeness (QED) is 0.694. The topological polar surface area (TPSA) is 66.0 Å². The molecule has 0 radical (unpaired) electrons. The molecular weight excluding hydrogens is 336 g/mol. The number of aryl methyl sites for hydroxylation is 2. The highest BCUT2D eigenvalue weighted by atomic mass is 15.3. The maximum atomic E-state index is 4.52. The van der Waals surface area contributed by atoms with Gasteiger partial charge in [0, 0.05) is 30.2 Å². The minimum absolute atomic E-state index is 0.471. The van der Waals surface area contributed by atoms with Crippen LogP contribution in [0.3, 0.4) is 0 Å². The Hall–Kier alpha value is -3.15. The Morgan fingerprint density at radius 1 is 0.852 bits per heavy atom. The second-order valence-electron chi connectivity index (χ2n) is 7.03. The van der Waals surface area contributed by atoms with E-state index in [9.17, 15) is 0 Å². The zero-order valence-electron chi connectivity index (χ0n) is 15.7. The highest BCUT2D eigenvalue weighted by molar-refractivity contribution is 5.62. The Morgan fingerprint density at radius 3 is 2.26 bits per heavy atom. The fourth-order valence-corrected chi connectivity index (χ4v) is 3.47. The Bertz CT molecular complexity index is 896. The Kier molecular flexibility index (Phi) is 4.87. The minimum Gasteiger partial charge on any atom is -0.372 e. The van der Waals surface area contributed by atoms with Crippen molar-refractivity contribution in [2.75, 3.05) is 28.6 Å². The average Bonchev–Trinajstić information content (AvgIpc) is 3.16. The molecule has 1 aliphatic heterocycles. The maximum Gasteiger partial charge on any atom is 0.249 e. The predicted octanol–water partition coefficient (Wildman–Crippen LogP) is 4.58. The van der Waals surface area contributed by atoms with Gasteiger partial charge in [-0.25, -0.2) is 0 Å². The lowest BCUT2D eigenvalue weighted by Crippen LogP contribution is -2.17. The summed E-state index contributed by atoms with van der Waals surface area (Å²) in [4.78, 5) is 6.93. The normalized spacial score (nSPS) is 13.6. The van der Waals surface area contributed by atoms with Crippen LogP contribution >= 0.6 is 0 Å². The second kappa shape index (κ2) is 7.61. The van der Waals surface area contributed by atoms with Gasteiger partial charge in [-0.15, -0.1) is 5.10 Å². The van der Waals surface area contributed by atoms with Gasteiger partial charge in [-0.3, -0.25) is 0 Å². The van der Waals surface area contributed by atoms with E-state index in [1.807, 2.05) is 0 Å². The molecule has 3 aromatic rings. The first kappa shape index (κ1) is 17.3. The average molecular weight is 360 g/mol. The molecule has 6 heteroatoms. The fourth-order valence-electron chi connectivity index (χ4n) is 3.47. The summed E-state index contributed by atoms with van der Waals surface area (Å²) in [5.41, 5.74) is 5.60. The number of nitrogens with one attached hydrogen (secondary N) is 2. The van der Waals surface area contributed by atoms with Gasteiger partial charge in [0.2, 0.25) is 5.95 Å². The van der Waals surface area contributed by atoms with Gasteiger partial charge < -0.3 is 15.5 Å². The maximum absolute atomic E-state index is 4.52. The molecule has 1 aromatic heterocycles. The van der Waals surface area contributed by atoms with Crippen molar-refractivity contribution < 1.29 is 0 Å². The van der Waals surface area contributed by atoms with Crippen molar-refractivity contribution in [1.29, 1.82) is 0 Å². The SMILES string of the molecule is Cc1cc(C)cc(Nc2nncc(Nc3ccc(N4CCCC4)cc3)n2)c1. The monoisotopic (exact) mass is 360 g/mol. The van der Waals surface area contributed by atoms with Crippen LogP contribution in [0.2, 0.25) is 0 Å². The lowest BCUT2D eigenvalue weighted by atomic mass is 10.1. The summed E-state index contributed by atoms with van der Waals surface area (Å²) < 4.78 is 0. The van der Waals surface area contributed by atoms with E-state index < -0.39 is 0 Å². The third kappa shape index (κ3) is 4.34. The summed E-state index contributed by atoms with van der Waals surface area (Å²) >= 11 is 0. The van der Waals surface area contributed by atoms with Crippen LogP contribution in [-0.2, 0) is 0 Å². The van der Waals surface area contributed by atoms with Crippen LogP contribution in [0.15, 0.2) is 48.7 Å². The van der Waals surface area contributed by atoms with Gasteiger partial charge in [0.1, 0.15) is 0 Å². The third-order valence-corrected chi connectivity index (χ3v) is 4.65. The van der Waals surface area contributed by atoms with Crippen molar-refractivity contribution in [1.82, 2.24) is 15.2 Å². The van der Waals surface area contributed by atoms with Crippen molar-refractivity contribution in [2.24, 2.45) is 0 Å². The molecule has 0 spiro atoms. The third-order valence-electron chi connectivity index (χ3n) is 4.65. The first-order valence-corrected chi connectivity index (χ1v) is 9.33. The number of anilines is 5. The smallest absolute Gasteiger partial charge is 0.249 e. The fraction of sp³-hybridized carbons (Fsp3) is 0.286. The molecule has 1 fully saturated rings. The zero-order valence-corrected chi connectivity index (χ0v) is 15.7. The van der Waals surface area contributed by atoms with E-state index >= 15 is 0 Å². The molecule has 4 rings (SSSR count). The molecule has 0 unspecified atom stereocenters. The molecular formula is C21H24N6. The van der Waals surface area contributed by atoms with Crippen LogP contribution in [0, 0.1) is 13.8 Å². The van der Waals surface area contributed by atoms with Crippen molar-refractivity contribution >= 4 is 28.8 Å². The van der Waals surface area contributed by atoms with Crippen LogP contribution < -0.4 is 15.5 Å². The van der Waals surface area contributed by atoms with Crippen LogP contribution in [0.1, 0.15) is 24.0 Å². The van der Waals surface area contributed by atoms with Gasteiger partial charge in [0.15, 0.2) is 5.82 Å². The van der Waals surface area contributed by atoms with Gasteiger partial charge in [0.25, 0.3) is 0 Å². The summed E-state index contributed by atoms with van der Waals surface area (Å²) in [5, 5.41) is 14.7. The Labute approximate surface area is 159 Å². The van der Waals surface area contributed by atoms with E-state index in [4.69, 9.17) is 0 Å². The van der Waals surface area contributed by atoms with E-state index in [0.717, 1.165) is 24.5 Å². The van der Waals surface area contributed by atoms with Crippen molar-refractivity contribution in [3.8, 4) is 0 Å². The minimum atomic E-state index is 0.471. The highest BCUT2D eigenvalue weighted by Crippen LogP contribution is 2.24. The van der Waals surface area contributed by atoms with Crippen molar-refractivity contribution in [3.05, 3.63) is 59.8 Å². The molecule has 27 heavy (non-hydrogen) atoms. The largest absolute Gasteiger partial charge is 0.372 e. The van der Waals surface area contributed by atoms with Gasteiger partial charge in [-0.2, -0.15) is 10.1 Å². The molecule has 138 valence electrons. The molecule has 0 amide bonds. The lowest BCUT2D eigenvalue weighted by molar-refractivity contribution is 0.949. The first-order chi connectivity index (χ1) is 13.2. The molecule has 2 heterocycles. The van der Waals surface area contributed by atoms with Gasteiger partial charge in [0.05, 0.1) is 6.20 Å². The van der Waals surface area contributed by atoms with Crippen LogP contribution in [0.25, 0.3) is 0 Å². The Morgan fingerprint density at radius 2 is 1.56 bits per heavy atom. The van der Waals surface area contributed by atoms with Crippen molar-refractivity contribution in [2.45, 2.75) is 26.7 Å². The number of benzene rings is 2. The molecule has 0 aliphatic carbocycles. The number of hydrogen-bond acceptors (Lipinski definition) is 6. The summed E-state index contributed by atoms with van der Waals surface area (Å²) in [7, 11) is 0. The highest BCUT2D eigenvalue weighted by Gasteiger charge is 2.12. The van der Waals surface area contributed by atoms with Gasteiger partial charge >= 0.3 is 0 Å². The van der Waals surface area contributed by atoms with Crippen molar-refractivity contribution in [3.63, 3.8) is 0 Å². The molecule has 0 bridgehead atoms. The van der Waals surface area contributed by atoms with Gasteiger partial charge in [-0.1, -0.05) is 6.07 Å². The van der Waals surface area contributed by atoms with Crippen LogP contribution in [-0.4, -0.2) is 28.3 Å². The molecule has 2 N–H and O–H groups in total. The molecule has 2 aromatic carbocycles. The van der Waals surface area contributed by atoms with E-state index in [2.05, 4.69) is 87.0 Å². The lowest BCUT2D eigenvalue weighted by Gasteiger charge is -2.17. The standard InChI is InChI=1S/C21H24N6/c1-15-11-16(2)13-18(12-15)24-21-25-20(14-22-26-21)23-17-5-7-19(8-6-17)27-9-3-4-10-27/h5-8,11-14H,3-4,9-10H2,1-2H3,(H2,23,24,25,26). The molecule has 0 atom stereocenters. The summed E-state index contributed by atoms with van der Waals surface area (Å²) in [6, 6.07) is 14.7. The molecule has 1 aliphatic rings. The van der Waals surface area contributed by atoms with E-state index in [1.54, 1.807) is 6.20 Å². The molecule has 6 nitrogen and oxygen atoms in total. The van der Waals surface area contributed by atoms with Gasteiger partial charge in [-0.05, 0) is 74.2 Å². The zero-order chi connectivity index (χ0) is 18.6. The Balaban J connectivity index is 1.45. The van der Waals surface area contributed by atoms with E-state index in [-0.39, 0.29) is 0 Å². The second-order valence-corrected chi connectivity index (χ2v) is 7.03. The number of aromatic nitrogens is 3. The van der Waals surface area contributed by atoms with E-state index in [1.165, 1.54) is 29.7 Å². The van der Waals surface area contributed by atoms with Crippen LogP contribution in [0.4, 0.5) is 28.8 Å².